The number of halogens is 2. The van der Waals surface area contributed by atoms with Gasteiger partial charge in [-0.1, -0.05) is 6.07 Å². The van der Waals surface area contributed by atoms with Gasteiger partial charge in [-0.2, -0.15) is 0 Å². The molecule has 2 N–H and O–H groups in total. The van der Waals surface area contributed by atoms with E-state index >= 15 is 0 Å². The van der Waals surface area contributed by atoms with E-state index in [-0.39, 0.29) is 17.9 Å². The number of aliphatic hydroxyl groups is 1. The fourth-order valence-electron chi connectivity index (χ4n) is 4.74. The number of nitrogens with zero attached hydrogens (tertiary/aromatic N) is 2. The lowest BCUT2D eigenvalue weighted by Crippen LogP contribution is -2.28. The fraction of sp³-hybridized carbons (Fsp3) is 0.375. The van der Waals surface area contributed by atoms with Crippen molar-refractivity contribution < 1.29 is 23.4 Å². The molecule has 3 aromatic rings. The Kier molecular flexibility index (Phi) is 5.01. The van der Waals surface area contributed by atoms with Gasteiger partial charge in [-0.05, 0) is 55.2 Å². The molecule has 9 heteroatoms. The molecule has 0 amide bonds. The van der Waals surface area contributed by atoms with E-state index in [1.54, 1.807) is 6.20 Å². The maximum absolute atomic E-state index is 14.8. The standard InChI is InChI=1S/C24H23F2N3O3S/c25-15-2-3-18(26)17(10-15)22(29-8-5-16(30)12-29)21-11-27-23(33-21)28-24(6-7-24)14-1-4-19-20(9-14)32-13-31-19/h1-4,9-11,16,22,30H,5-8,12-13H2,(H,27,28)/t16-,22?/m1/s1. The third-order valence-electron chi connectivity index (χ3n) is 6.63. The summed E-state index contributed by atoms with van der Waals surface area (Å²) in [5, 5.41) is 14.4. The largest absolute Gasteiger partial charge is 0.454 e. The molecule has 2 atom stereocenters. The van der Waals surface area contributed by atoms with Crippen LogP contribution in [0.3, 0.4) is 0 Å². The highest BCUT2D eigenvalue weighted by molar-refractivity contribution is 7.15. The molecular weight excluding hydrogens is 448 g/mol. The van der Waals surface area contributed by atoms with Crippen molar-refractivity contribution in [1.82, 2.24) is 9.88 Å². The lowest BCUT2D eigenvalue weighted by Gasteiger charge is -2.27. The van der Waals surface area contributed by atoms with Crippen LogP contribution in [0, 0.1) is 11.6 Å². The first-order valence-electron chi connectivity index (χ1n) is 11.0. The van der Waals surface area contributed by atoms with Crippen molar-refractivity contribution in [2.75, 3.05) is 25.2 Å². The van der Waals surface area contributed by atoms with Crippen LogP contribution < -0.4 is 14.8 Å². The number of thiazole rings is 1. The Hall–Kier alpha value is -2.75. The van der Waals surface area contributed by atoms with E-state index in [0.717, 1.165) is 52.0 Å². The number of fused-ring (bicyclic) bond motifs is 1. The van der Waals surface area contributed by atoms with E-state index in [4.69, 9.17) is 9.47 Å². The maximum Gasteiger partial charge on any atom is 0.231 e. The van der Waals surface area contributed by atoms with Crippen molar-refractivity contribution in [1.29, 1.82) is 0 Å². The van der Waals surface area contributed by atoms with Crippen LogP contribution in [0.2, 0.25) is 0 Å². The van der Waals surface area contributed by atoms with Crippen molar-refractivity contribution in [3.8, 4) is 11.5 Å². The highest BCUT2D eigenvalue weighted by atomic mass is 32.1. The first-order chi connectivity index (χ1) is 16.0. The Morgan fingerprint density at radius 2 is 2.00 bits per heavy atom. The predicted molar refractivity (Wildman–Crippen MR) is 120 cm³/mol. The molecule has 1 aliphatic carbocycles. The Labute approximate surface area is 193 Å². The van der Waals surface area contributed by atoms with Crippen LogP contribution in [-0.2, 0) is 5.54 Å². The van der Waals surface area contributed by atoms with E-state index in [2.05, 4.69) is 10.3 Å². The normalized spacial score (nSPS) is 21.8. The third kappa shape index (κ3) is 3.84. The van der Waals surface area contributed by atoms with Gasteiger partial charge < -0.3 is 19.9 Å². The number of hydrogen-bond donors (Lipinski definition) is 2. The number of aliphatic hydroxyl groups excluding tert-OH is 1. The summed E-state index contributed by atoms with van der Waals surface area (Å²) in [7, 11) is 0. The molecule has 3 heterocycles. The van der Waals surface area contributed by atoms with Gasteiger partial charge >= 0.3 is 0 Å². The van der Waals surface area contributed by atoms with Crippen molar-refractivity contribution in [2.24, 2.45) is 0 Å². The molecule has 2 aromatic carbocycles. The van der Waals surface area contributed by atoms with Gasteiger partial charge in [0.15, 0.2) is 16.6 Å². The van der Waals surface area contributed by atoms with E-state index in [1.807, 2.05) is 23.1 Å². The zero-order chi connectivity index (χ0) is 22.6. The first-order valence-corrected chi connectivity index (χ1v) is 11.8. The van der Waals surface area contributed by atoms with E-state index in [9.17, 15) is 13.9 Å². The SMILES string of the molecule is O[C@@H]1CCN(C(c2cnc(NC3(c4ccc5c(c4)OCO5)CC3)s2)c2cc(F)ccc2F)C1. The van der Waals surface area contributed by atoms with Crippen LogP contribution in [0.25, 0.3) is 0 Å². The van der Waals surface area contributed by atoms with Crippen LogP contribution >= 0.6 is 11.3 Å². The van der Waals surface area contributed by atoms with E-state index in [1.165, 1.54) is 17.4 Å². The molecule has 33 heavy (non-hydrogen) atoms. The van der Waals surface area contributed by atoms with Gasteiger partial charge in [0.05, 0.1) is 17.7 Å². The van der Waals surface area contributed by atoms with Crippen LogP contribution in [-0.4, -0.2) is 41.0 Å². The molecule has 6 nitrogen and oxygen atoms in total. The summed E-state index contributed by atoms with van der Waals surface area (Å²) in [5.74, 6) is 0.539. The molecule has 1 aromatic heterocycles. The second-order valence-electron chi connectivity index (χ2n) is 8.85. The lowest BCUT2D eigenvalue weighted by atomic mass is 10.0. The Morgan fingerprint density at radius 3 is 2.79 bits per heavy atom. The van der Waals surface area contributed by atoms with Gasteiger partial charge in [0.2, 0.25) is 6.79 Å². The second-order valence-corrected chi connectivity index (χ2v) is 9.91. The number of rotatable bonds is 6. The Bertz CT molecular complexity index is 1200. The lowest BCUT2D eigenvalue weighted by molar-refractivity contribution is 0.166. The Balaban J connectivity index is 1.30. The molecular formula is C24H23F2N3O3S. The maximum atomic E-state index is 14.8. The van der Waals surface area contributed by atoms with Crippen LogP contribution in [0.4, 0.5) is 13.9 Å². The highest BCUT2D eigenvalue weighted by Gasteiger charge is 2.46. The number of likely N-dealkylation sites (tertiary alicyclic amines) is 1. The summed E-state index contributed by atoms with van der Waals surface area (Å²) < 4.78 is 39.7. The summed E-state index contributed by atoms with van der Waals surface area (Å²) in [4.78, 5) is 7.37. The zero-order valence-corrected chi connectivity index (χ0v) is 18.6. The smallest absolute Gasteiger partial charge is 0.231 e. The average Bonchev–Trinajstić information content (AvgIpc) is 3.14. The molecule has 0 radical (unpaired) electrons. The van der Waals surface area contributed by atoms with E-state index < -0.39 is 23.8 Å². The molecule has 1 saturated heterocycles. The van der Waals surface area contributed by atoms with Gasteiger partial charge in [-0.25, -0.2) is 13.8 Å². The number of β-amino-alcohol motifs (C(OH)–C–C–N with tert-alkyl or cyclic N) is 1. The summed E-state index contributed by atoms with van der Waals surface area (Å²) in [5.41, 5.74) is 1.15. The molecule has 6 rings (SSSR count). The molecule has 2 fully saturated rings. The highest BCUT2D eigenvalue weighted by Crippen LogP contribution is 2.51. The number of nitrogens with one attached hydrogen (secondary N) is 1. The molecule has 1 saturated carbocycles. The van der Waals surface area contributed by atoms with Gasteiger partial charge in [0.25, 0.3) is 0 Å². The van der Waals surface area contributed by atoms with Crippen molar-refractivity contribution >= 4 is 16.5 Å². The van der Waals surface area contributed by atoms with Crippen LogP contribution in [0.15, 0.2) is 42.6 Å². The van der Waals surface area contributed by atoms with Crippen molar-refractivity contribution in [3.63, 3.8) is 0 Å². The molecule has 1 unspecified atom stereocenters. The number of benzene rings is 2. The summed E-state index contributed by atoms with van der Waals surface area (Å²) in [6.45, 7) is 1.24. The zero-order valence-electron chi connectivity index (χ0n) is 17.8. The topological polar surface area (TPSA) is 66.9 Å². The van der Waals surface area contributed by atoms with Crippen molar-refractivity contribution in [2.45, 2.75) is 36.9 Å². The predicted octanol–water partition coefficient (Wildman–Crippen LogP) is 4.41. The molecule has 0 spiro atoms. The first kappa shape index (κ1) is 20.8. The van der Waals surface area contributed by atoms with Gasteiger partial charge in [-0.3, -0.25) is 4.90 Å². The van der Waals surface area contributed by atoms with Gasteiger partial charge in [0.1, 0.15) is 11.6 Å². The molecule has 0 bridgehead atoms. The summed E-state index contributed by atoms with van der Waals surface area (Å²) in [6, 6.07) is 8.98. The van der Waals surface area contributed by atoms with Crippen LogP contribution in [0.5, 0.6) is 11.5 Å². The number of ether oxygens (including phenoxy) is 2. The summed E-state index contributed by atoms with van der Waals surface area (Å²) >= 11 is 1.43. The quantitative estimate of drug-likeness (QED) is 0.555. The van der Waals surface area contributed by atoms with E-state index in [0.29, 0.717) is 19.5 Å². The minimum Gasteiger partial charge on any atom is -0.454 e. The molecule has 3 aliphatic rings. The number of aromatic nitrogens is 1. The van der Waals surface area contributed by atoms with Gasteiger partial charge in [-0.15, -0.1) is 11.3 Å². The fourth-order valence-corrected chi connectivity index (χ4v) is 5.81. The minimum atomic E-state index is -0.508. The van der Waals surface area contributed by atoms with Crippen molar-refractivity contribution in [3.05, 3.63) is 70.2 Å². The molecule has 2 aliphatic heterocycles. The van der Waals surface area contributed by atoms with Crippen LogP contribution in [0.1, 0.15) is 41.3 Å². The third-order valence-corrected chi connectivity index (χ3v) is 7.59. The average molecular weight is 472 g/mol. The monoisotopic (exact) mass is 471 g/mol. The number of hydrogen-bond acceptors (Lipinski definition) is 7. The number of anilines is 1. The summed E-state index contributed by atoms with van der Waals surface area (Å²) in [6.07, 6.45) is 3.77. The van der Waals surface area contributed by atoms with Gasteiger partial charge in [0, 0.05) is 29.7 Å². The Morgan fingerprint density at radius 1 is 1.15 bits per heavy atom. The second kappa shape index (κ2) is 7.93. The molecule has 172 valence electrons. The minimum absolute atomic E-state index is 0.223.